The van der Waals surface area contributed by atoms with Crippen LogP contribution in [0, 0.1) is 10.1 Å². The van der Waals surface area contributed by atoms with Crippen molar-refractivity contribution in [2.45, 2.75) is 18.9 Å². The molecule has 0 spiro atoms. The Morgan fingerprint density at radius 1 is 1.73 bits per heavy atom. The number of hydrogen-bond acceptors (Lipinski definition) is 6. The second-order valence-corrected chi connectivity index (χ2v) is 4.33. The Balaban J connectivity index is 1.94. The molecule has 2 rings (SSSR count). The van der Waals surface area contributed by atoms with Crippen molar-refractivity contribution in [3.05, 3.63) is 16.3 Å². The average Bonchev–Trinajstić information content (AvgIpc) is 2.68. The van der Waals surface area contributed by atoms with E-state index in [1.54, 1.807) is 0 Å². The van der Waals surface area contributed by atoms with Gasteiger partial charge in [-0.2, -0.15) is 0 Å². The lowest BCUT2D eigenvalue weighted by Crippen LogP contribution is -2.29. The molecule has 0 radical (unpaired) electrons. The zero-order chi connectivity index (χ0) is 10.7. The first kappa shape index (κ1) is 10.3. The molecule has 1 aliphatic rings. The summed E-state index contributed by atoms with van der Waals surface area (Å²) in [5.74, 6) is 0. The first-order valence-electron chi connectivity index (χ1n) is 4.70. The molecule has 6 nitrogen and oxygen atoms in total. The van der Waals surface area contributed by atoms with Gasteiger partial charge in [-0.05, 0) is 24.2 Å². The van der Waals surface area contributed by atoms with Gasteiger partial charge in [-0.25, -0.2) is 4.98 Å². The number of nitrogens with one attached hydrogen (secondary N) is 1. The summed E-state index contributed by atoms with van der Waals surface area (Å²) in [5, 5.41) is 14.2. The fourth-order valence-corrected chi connectivity index (χ4v) is 2.15. The number of nitro groups is 1. The molecular formula is C8H11N3O3S. The van der Waals surface area contributed by atoms with Crippen molar-refractivity contribution >= 4 is 21.5 Å². The van der Waals surface area contributed by atoms with Crippen LogP contribution < -0.4 is 5.32 Å². The van der Waals surface area contributed by atoms with Crippen LogP contribution in [0.3, 0.4) is 0 Å². The number of anilines is 1. The normalized spacial score (nSPS) is 21.2. The Hall–Kier alpha value is -1.21. The summed E-state index contributed by atoms with van der Waals surface area (Å²) in [5.41, 5.74) is 0. The molecular weight excluding hydrogens is 218 g/mol. The third-order valence-electron chi connectivity index (χ3n) is 2.16. The molecule has 0 aromatic carbocycles. The van der Waals surface area contributed by atoms with E-state index >= 15 is 0 Å². The summed E-state index contributed by atoms with van der Waals surface area (Å²) < 4.78 is 5.29. The summed E-state index contributed by atoms with van der Waals surface area (Å²) in [7, 11) is 0. The molecule has 0 bridgehead atoms. The molecule has 2 heterocycles. The van der Waals surface area contributed by atoms with Crippen LogP contribution in [-0.2, 0) is 4.74 Å². The first-order valence-corrected chi connectivity index (χ1v) is 5.52. The fourth-order valence-electron chi connectivity index (χ4n) is 1.45. The molecule has 0 amide bonds. The number of nitrogens with zero attached hydrogens (tertiary/aromatic N) is 2. The molecule has 0 saturated carbocycles. The van der Waals surface area contributed by atoms with Crippen LogP contribution in [0.15, 0.2) is 6.20 Å². The SMILES string of the molecule is O=[N+]([O-])c1cnc(NC2CCCOC2)s1. The van der Waals surface area contributed by atoms with Crippen molar-refractivity contribution < 1.29 is 9.66 Å². The Kier molecular flexibility index (Phi) is 3.12. The Labute approximate surface area is 90.4 Å². The molecule has 82 valence electrons. The molecule has 1 fully saturated rings. The van der Waals surface area contributed by atoms with Gasteiger partial charge in [-0.1, -0.05) is 0 Å². The summed E-state index contributed by atoms with van der Waals surface area (Å²) in [6, 6.07) is 0.226. The predicted octanol–water partition coefficient (Wildman–Crippen LogP) is 1.64. The lowest BCUT2D eigenvalue weighted by atomic mass is 10.1. The van der Waals surface area contributed by atoms with Crippen LogP contribution in [0.1, 0.15) is 12.8 Å². The van der Waals surface area contributed by atoms with E-state index < -0.39 is 4.92 Å². The third kappa shape index (κ3) is 2.63. The summed E-state index contributed by atoms with van der Waals surface area (Å²) >= 11 is 1.06. The van der Waals surface area contributed by atoms with Crippen molar-refractivity contribution in [2.75, 3.05) is 18.5 Å². The van der Waals surface area contributed by atoms with Gasteiger partial charge in [0.25, 0.3) is 0 Å². The predicted molar refractivity (Wildman–Crippen MR) is 56.2 cm³/mol. The molecule has 1 aliphatic heterocycles. The monoisotopic (exact) mass is 229 g/mol. The molecule has 1 unspecified atom stereocenters. The van der Waals surface area contributed by atoms with E-state index in [0.717, 1.165) is 30.8 Å². The van der Waals surface area contributed by atoms with Crippen molar-refractivity contribution in [1.82, 2.24) is 4.98 Å². The maximum Gasteiger partial charge on any atom is 0.345 e. The molecule has 1 atom stereocenters. The van der Waals surface area contributed by atoms with E-state index in [9.17, 15) is 10.1 Å². The van der Waals surface area contributed by atoms with E-state index in [1.807, 2.05) is 0 Å². The minimum Gasteiger partial charge on any atom is -0.379 e. The van der Waals surface area contributed by atoms with Gasteiger partial charge in [0.2, 0.25) is 0 Å². The Bertz CT molecular complexity index is 349. The number of aromatic nitrogens is 1. The standard InChI is InChI=1S/C8H11N3O3S/c12-11(13)7-4-9-8(15-7)10-6-2-1-3-14-5-6/h4,6H,1-3,5H2,(H,9,10). The number of thiazole rings is 1. The molecule has 1 N–H and O–H groups in total. The largest absolute Gasteiger partial charge is 0.379 e. The number of hydrogen-bond donors (Lipinski definition) is 1. The van der Waals surface area contributed by atoms with Gasteiger partial charge in [0, 0.05) is 6.61 Å². The van der Waals surface area contributed by atoms with Crippen molar-refractivity contribution in [2.24, 2.45) is 0 Å². The Morgan fingerprint density at radius 3 is 3.20 bits per heavy atom. The van der Waals surface area contributed by atoms with Gasteiger partial charge in [0.1, 0.15) is 6.20 Å². The second-order valence-electron chi connectivity index (χ2n) is 3.32. The molecule has 1 aromatic rings. The highest BCUT2D eigenvalue weighted by Crippen LogP contribution is 2.26. The highest BCUT2D eigenvalue weighted by atomic mass is 32.1. The highest BCUT2D eigenvalue weighted by Gasteiger charge is 2.17. The van der Waals surface area contributed by atoms with Crippen LogP contribution in [0.25, 0.3) is 0 Å². The molecule has 7 heteroatoms. The number of ether oxygens (including phenoxy) is 1. The lowest BCUT2D eigenvalue weighted by molar-refractivity contribution is -0.380. The molecule has 1 aromatic heterocycles. The second kappa shape index (κ2) is 4.54. The maximum absolute atomic E-state index is 10.4. The zero-order valence-corrected chi connectivity index (χ0v) is 8.83. The highest BCUT2D eigenvalue weighted by molar-refractivity contribution is 7.18. The van der Waals surface area contributed by atoms with Crippen LogP contribution in [-0.4, -0.2) is 29.2 Å². The average molecular weight is 229 g/mol. The first-order chi connectivity index (χ1) is 7.25. The van der Waals surface area contributed by atoms with E-state index in [0.29, 0.717) is 11.7 Å². The summed E-state index contributed by atoms with van der Waals surface area (Å²) in [6.07, 6.45) is 3.31. The van der Waals surface area contributed by atoms with E-state index in [4.69, 9.17) is 4.74 Å². The molecule has 15 heavy (non-hydrogen) atoms. The fraction of sp³-hybridized carbons (Fsp3) is 0.625. The van der Waals surface area contributed by atoms with Crippen LogP contribution in [0.2, 0.25) is 0 Å². The summed E-state index contributed by atoms with van der Waals surface area (Å²) in [4.78, 5) is 13.9. The quantitative estimate of drug-likeness (QED) is 0.629. The van der Waals surface area contributed by atoms with Crippen molar-refractivity contribution in [3.63, 3.8) is 0 Å². The van der Waals surface area contributed by atoms with Crippen LogP contribution in [0.5, 0.6) is 0 Å². The number of rotatable bonds is 3. The Morgan fingerprint density at radius 2 is 2.60 bits per heavy atom. The lowest BCUT2D eigenvalue weighted by Gasteiger charge is -2.22. The van der Waals surface area contributed by atoms with Crippen LogP contribution in [0.4, 0.5) is 10.1 Å². The maximum atomic E-state index is 10.4. The van der Waals surface area contributed by atoms with E-state index in [1.165, 1.54) is 6.20 Å². The zero-order valence-electron chi connectivity index (χ0n) is 8.01. The molecule has 0 aliphatic carbocycles. The van der Waals surface area contributed by atoms with E-state index in [2.05, 4.69) is 10.3 Å². The van der Waals surface area contributed by atoms with Gasteiger partial charge in [-0.15, -0.1) is 0 Å². The minimum atomic E-state index is -0.430. The van der Waals surface area contributed by atoms with Gasteiger partial charge >= 0.3 is 5.00 Å². The van der Waals surface area contributed by atoms with Gasteiger partial charge in [0.05, 0.1) is 17.6 Å². The van der Waals surface area contributed by atoms with Gasteiger partial charge < -0.3 is 10.1 Å². The third-order valence-corrected chi connectivity index (χ3v) is 3.04. The van der Waals surface area contributed by atoms with E-state index in [-0.39, 0.29) is 11.0 Å². The van der Waals surface area contributed by atoms with Crippen molar-refractivity contribution in [3.8, 4) is 0 Å². The topological polar surface area (TPSA) is 77.3 Å². The van der Waals surface area contributed by atoms with Gasteiger partial charge in [-0.3, -0.25) is 10.1 Å². The van der Waals surface area contributed by atoms with Gasteiger partial charge in [0.15, 0.2) is 5.13 Å². The van der Waals surface area contributed by atoms with Crippen molar-refractivity contribution in [1.29, 1.82) is 0 Å². The molecule has 1 saturated heterocycles. The van der Waals surface area contributed by atoms with Crippen LogP contribution >= 0.6 is 11.3 Å². The summed E-state index contributed by atoms with van der Waals surface area (Å²) in [6.45, 7) is 1.45. The smallest absolute Gasteiger partial charge is 0.345 e. The minimum absolute atomic E-state index is 0.0641.